The van der Waals surface area contributed by atoms with Crippen LogP contribution in [0.5, 0.6) is 0 Å². The van der Waals surface area contributed by atoms with Crippen molar-refractivity contribution in [3.05, 3.63) is 41.5 Å². The van der Waals surface area contributed by atoms with E-state index in [-0.39, 0.29) is 11.3 Å². The van der Waals surface area contributed by atoms with Crippen LogP contribution < -0.4 is 5.73 Å². The molecule has 0 spiro atoms. The molecule has 0 unspecified atom stereocenters. The molecule has 1 aromatic rings. The van der Waals surface area contributed by atoms with Crippen molar-refractivity contribution in [1.82, 2.24) is 0 Å². The van der Waals surface area contributed by atoms with Crippen LogP contribution in [-0.2, 0) is 9.53 Å². The van der Waals surface area contributed by atoms with Crippen LogP contribution in [0.4, 0.5) is 0 Å². The number of unbranched alkanes of at least 4 members (excludes halogenated alkanes) is 1. The minimum Gasteiger partial charge on any atom is -0.462 e. The highest BCUT2D eigenvalue weighted by molar-refractivity contribution is 6.00. The average Bonchev–Trinajstić information content (AvgIpc) is 2.41. The summed E-state index contributed by atoms with van der Waals surface area (Å²) in [5.74, 6) is -0.660. The number of hydrogen-bond donors (Lipinski definition) is 1. The summed E-state index contributed by atoms with van der Waals surface area (Å²) in [6.07, 6.45) is 1.70. The Bertz CT molecular complexity index is 472. The van der Waals surface area contributed by atoms with E-state index in [1.54, 1.807) is 24.3 Å². The van der Waals surface area contributed by atoms with Gasteiger partial charge in [0.1, 0.15) is 6.07 Å². The summed E-state index contributed by atoms with van der Waals surface area (Å²) in [7, 11) is 0. The molecule has 1 rings (SSSR count). The van der Waals surface area contributed by atoms with Gasteiger partial charge in [0.25, 0.3) is 0 Å². The Hall–Kier alpha value is -2.28. The quantitative estimate of drug-likeness (QED) is 0.373. The van der Waals surface area contributed by atoms with E-state index in [0.29, 0.717) is 12.2 Å². The summed E-state index contributed by atoms with van der Waals surface area (Å²) in [4.78, 5) is 11.7. The fraction of sp³-hybridized carbons (Fsp3) is 0.286. The van der Waals surface area contributed by atoms with Gasteiger partial charge in [0.15, 0.2) is 5.57 Å². The zero-order valence-electron chi connectivity index (χ0n) is 10.3. The van der Waals surface area contributed by atoms with E-state index in [0.717, 1.165) is 12.8 Å². The first kappa shape index (κ1) is 13.8. The summed E-state index contributed by atoms with van der Waals surface area (Å²) in [5, 5.41) is 9.00. The number of carbonyl (C=O) groups excluding carboxylic acids is 1. The molecule has 0 bridgehead atoms. The molecule has 0 fully saturated rings. The molecule has 0 aromatic heterocycles. The normalized spacial score (nSPS) is 11.3. The number of carbonyl (C=O) groups is 1. The third-order valence-corrected chi connectivity index (χ3v) is 2.40. The monoisotopic (exact) mass is 244 g/mol. The summed E-state index contributed by atoms with van der Waals surface area (Å²) in [6.45, 7) is 2.30. The van der Waals surface area contributed by atoms with E-state index >= 15 is 0 Å². The Morgan fingerprint density at radius 2 is 2.06 bits per heavy atom. The second-order valence-electron chi connectivity index (χ2n) is 3.76. The van der Waals surface area contributed by atoms with E-state index in [4.69, 9.17) is 15.7 Å². The van der Waals surface area contributed by atoms with Crippen molar-refractivity contribution in [3.63, 3.8) is 0 Å². The molecule has 18 heavy (non-hydrogen) atoms. The van der Waals surface area contributed by atoms with Gasteiger partial charge in [-0.15, -0.1) is 0 Å². The highest BCUT2D eigenvalue weighted by Crippen LogP contribution is 2.14. The zero-order valence-corrected chi connectivity index (χ0v) is 10.3. The SMILES string of the molecule is CCCCOC(=O)C(C#N)=C(N)c1ccccc1. The second kappa shape index (κ2) is 7.13. The van der Waals surface area contributed by atoms with Crippen LogP contribution in [0.15, 0.2) is 35.9 Å². The Morgan fingerprint density at radius 3 is 2.61 bits per heavy atom. The van der Waals surface area contributed by atoms with Crippen LogP contribution in [-0.4, -0.2) is 12.6 Å². The van der Waals surface area contributed by atoms with E-state index < -0.39 is 5.97 Å². The fourth-order valence-corrected chi connectivity index (χ4v) is 1.36. The summed E-state index contributed by atoms with van der Waals surface area (Å²) in [5.41, 5.74) is 6.46. The lowest BCUT2D eigenvalue weighted by atomic mass is 10.1. The van der Waals surface area contributed by atoms with Gasteiger partial charge in [0.2, 0.25) is 0 Å². The van der Waals surface area contributed by atoms with E-state index in [9.17, 15) is 4.79 Å². The molecule has 0 radical (unpaired) electrons. The number of nitriles is 1. The lowest BCUT2D eigenvalue weighted by Gasteiger charge is -2.06. The van der Waals surface area contributed by atoms with Gasteiger partial charge in [0, 0.05) is 0 Å². The van der Waals surface area contributed by atoms with Crippen LogP contribution in [0.3, 0.4) is 0 Å². The zero-order chi connectivity index (χ0) is 13.4. The van der Waals surface area contributed by atoms with Gasteiger partial charge in [-0.25, -0.2) is 4.79 Å². The maximum absolute atomic E-state index is 11.7. The summed E-state index contributed by atoms with van der Waals surface area (Å²) >= 11 is 0. The lowest BCUT2D eigenvalue weighted by Crippen LogP contribution is -2.13. The molecule has 2 N–H and O–H groups in total. The Morgan fingerprint density at radius 1 is 1.39 bits per heavy atom. The standard InChI is InChI=1S/C14H16N2O2/c1-2-3-9-18-14(17)12(10-15)13(16)11-7-5-4-6-8-11/h4-8H,2-3,9,16H2,1H3. The number of nitrogens with two attached hydrogens (primary N) is 1. The van der Waals surface area contributed by atoms with Crippen molar-refractivity contribution < 1.29 is 9.53 Å². The van der Waals surface area contributed by atoms with Gasteiger partial charge >= 0.3 is 5.97 Å². The minimum atomic E-state index is -0.660. The van der Waals surface area contributed by atoms with E-state index in [1.807, 2.05) is 19.1 Å². The molecule has 1 aromatic carbocycles. The van der Waals surface area contributed by atoms with Gasteiger partial charge in [0.05, 0.1) is 12.3 Å². The highest BCUT2D eigenvalue weighted by Gasteiger charge is 2.15. The van der Waals surface area contributed by atoms with Gasteiger partial charge in [-0.2, -0.15) is 5.26 Å². The number of esters is 1. The largest absolute Gasteiger partial charge is 0.462 e. The van der Waals surface area contributed by atoms with E-state index in [1.165, 1.54) is 0 Å². The maximum atomic E-state index is 11.7. The van der Waals surface area contributed by atoms with Crippen LogP contribution in [0.1, 0.15) is 25.3 Å². The number of benzene rings is 1. The maximum Gasteiger partial charge on any atom is 0.351 e. The highest BCUT2D eigenvalue weighted by atomic mass is 16.5. The van der Waals surface area contributed by atoms with Crippen LogP contribution >= 0.6 is 0 Å². The predicted octanol–water partition coefficient (Wildman–Crippen LogP) is 2.22. The van der Waals surface area contributed by atoms with Crippen molar-refractivity contribution in [2.45, 2.75) is 19.8 Å². The predicted molar refractivity (Wildman–Crippen MR) is 69.0 cm³/mol. The summed E-state index contributed by atoms with van der Waals surface area (Å²) in [6, 6.07) is 10.7. The van der Waals surface area contributed by atoms with Crippen molar-refractivity contribution in [3.8, 4) is 6.07 Å². The van der Waals surface area contributed by atoms with Gasteiger partial charge in [-0.1, -0.05) is 43.7 Å². The van der Waals surface area contributed by atoms with Crippen LogP contribution in [0, 0.1) is 11.3 Å². The summed E-state index contributed by atoms with van der Waals surface area (Å²) < 4.78 is 4.98. The smallest absolute Gasteiger partial charge is 0.351 e. The number of nitrogens with zero attached hydrogens (tertiary/aromatic N) is 1. The van der Waals surface area contributed by atoms with Crippen molar-refractivity contribution in [1.29, 1.82) is 5.26 Å². The van der Waals surface area contributed by atoms with Crippen LogP contribution in [0.2, 0.25) is 0 Å². The first-order valence-corrected chi connectivity index (χ1v) is 5.83. The van der Waals surface area contributed by atoms with Gasteiger partial charge in [-0.3, -0.25) is 0 Å². The number of rotatable bonds is 5. The fourth-order valence-electron chi connectivity index (χ4n) is 1.36. The molecular weight excluding hydrogens is 228 g/mol. The Balaban J connectivity index is 2.88. The molecule has 0 saturated heterocycles. The Kier molecular flexibility index (Phi) is 5.46. The van der Waals surface area contributed by atoms with Crippen LogP contribution in [0.25, 0.3) is 5.70 Å². The molecule has 0 atom stereocenters. The minimum absolute atomic E-state index is 0.141. The van der Waals surface area contributed by atoms with E-state index in [2.05, 4.69) is 0 Å². The van der Waals surface area contributed by atoms with Crippen molar-refractivity contribution in [2.75, 3.05) is 6.61 Å². The number of ether oxygens (including phenoxy) is 1. The topological polar surface area (TPSA) is 76.1 Å². The molecule has 0 aliphatic carbocycles. The molecule has 0 amide bonds. The van der Waals surface area contributed by atoms with Crippen molar-refractivity contribution in [2.24, 2.45) is 5.73 Å². The van der Waals surface area contributed by atoms with Gasteiger partial charge < -0.3 is 10.5 Å². The molecular formula is C14H16N2O2. The molecule has 0 saturated carbocycles. The molecule has 0 aliphatic heterocycles. The lowest BCUT2D eigenvalue weighted by molar-refractivity contribution is -0.138. The number of hydrogen-bond acceptors (Lipinski definition) is 4. The average molecular weight is 244 g/mol. The second-order valence-corrected chi connectivity index (χ2v) is 3.76. The molecule has 94 valence electrons. The molecule has 4 heteroatoms. The third kappa shape index (κ3) is 3.63. The molecule has 0 heterocycles. The third-order valence-electron chi connectivity index (χ3n) is 2.40. The Labute approximate surface area is 107 Å². The van der Waals surface area contributed by atoms with Crippen molar-refractivity contribution >= 4 is 11.7 Å². The first-order chi connectivity index (χ1) is 8.70. The first-order valence-electron chi connectivity index (χ1n) is 5.83. The van der Waals surface area contributed by atoms with Gasteiger partial charge in [-0.05, 0) is 12.0 Å². The molecule has 0 aliphatic rings. The molecule has 4 nitrogen and oxygen atoms in total.